The molecule has 0 aliphatic rings. The summed E-state index contributed by atoms with van der Waals surface area (Å²) in [7, 11) is 0. The quantitative estimate of drug-likeness (QED) is 0.483. The molecule has 136 valence electrons. The van der Waals surface area contributed by atoms with Crippen molar-refractivity contribution in [2.45, 2.75) is 31.7 Å². The third-order valence-corrected chi connectivity index (χ3v) is 5.17. The van der Waals surface area contributed by atoms with Gasteiger partial charge in [-0.1, -0.05) is 23.9 Å². The number of aryl methyl sites for hydroxylation is 1. The molecule has 0 saturated heterocycles. The molecule has 1 heterocycles. The van der Waals surface area contributed by atoms with Gasteiger partial charge in [0, 0.05) is 17.9 Å². The summed E-state index contributed by atoms with van der Waals surface area (Å²) in [5, 5.41) is 11.1. The first-order valence-electron chi connectivity index (χ1n) is 8.58. The van der Waals surface area contributed by atoms with Gasteiger partial charge in [0.2, 0.25) is 0 Å². The molecule has 0 saturated carbocycles. The van der Waals surface area contributed by atoms with Crippen molar-refractivity contribution in [3.05, 3.63) is 54.1 Å². The van der Waals surface area contributed by atoms with Gasteiger partial charge in [-0.15, -0.1) is 0 Å². The number of aliphatic hydroxyl groups excluding tert-OH is 1. The number of imidazole rings is 1. The number of fused-ring (bicyclic) bond motifs is 1. The van der Waals surface area contributed by atoms with Crippen molar-refractivity contribution < 1.29 is 14.6 Å². The number of aromatic nitrogens is 2. The van der Waals surface area contributed by atoms with Crippen LogP contribution in [0, 0.1) is 0 Å². The van der Waals surface area contributed by atoms with Crippen LogP contribution in [0.5, 0.6) is 5.75 Å². The Bertz CT molecular complexity index is 890. The largest absolute Gasteiger partial charge is 0.491 e. The predicted octanol–water partition coefficient (Wildman–Crippen LogP) is 3.79. The molecule has 3 aromatic rings. The molecule has 6 heteroatoms. The van der Waals surface area contributed by atoms with Crippen LogP contribution in [0.15, 0.2) is 53.7 Å². The second-order valence-corrected chi connectivity index (χ2v) is 6.97. The summed E-state index contributed by atoms with van der Waals surface area (Å²) in [4.78, 5) is 15.9. The molecule has 0 aliphatic carbocycles. The molecule has 1 unspecified atom stereocenters. The number of benzene rings is 2. The van der Waals surface area contributed by atoms with Crippen LogP contribution >= 0.6 is 11.8 Å². The van der Waals surface area contributed by atoms with Crippen LogP contribution in [-0.4, -0.2) is 38.9 Å². The number of carbonyl (C=O) groups excluding carboxylic acids is 1. The van der Waals surface area contributed by atoms with Crippen molar-refractivity contribution in [3.8, 4) is 5.75 Å². The van der Waals surface area contributed by atoms with Crippen LogP contribution in [0.2, 0.25) is 0 Å². The number of para-hydroxylation sites is 2. The number of carbonyl (C=O) groups is 1. The van der Waals surface area contributed by atoms with E-state index in [1.165, 1.54) is 18.7 Å². The van der Waals surface area contributed by atoms with Crippen LogP contribution in [0.3, 0.4) is 0 Å². The van der Waals surface area contributed by atoms with Gasteiger partial charge < -0.3 is 14.4 Å². The smallest absolute Gasteiger partial charge is 0.169 e. The Morgan fingerprint density at radius 3 is 2.65 bits per heavy atom. The predicted molar refractivity (Wildman–Crippen MR) is 104 cm³/mol. The molecular formula is C20H22N2O3S. The van der Waals surface area contributed by atoms with E-state index in [1.54, 1.807) is 24.3 Å². The molecule has 0 amide bonds. The second-order valence-electron chi connectivity index (χ2n) is 5.98. The second kappa shape index (κ2) is 8.38. The topological polar surface area (TPSA) is 64.3 Å². The zero-order valence-corrected chi connectivity index (χ0v) is 15.7. The zero-order valence-electron chi connectivity index (χ0n) is 14.9. The molecule has 26 heavy (non-hydrogen) atoms. The lowest BCUT2D eigenvalue weighted by atomic mass is 10.1. The number of nitrogens with zero attached hydrogens (tertiary/aromatic N) is 2. The molecule has 1 aromatic heterocycles. The minimum absolute atomic E-state index is 0.0202. The highest BCUT2D eigenvalue weighted by atomic mass is 32.2. The average molecular weight is 370 g/mol. The Kier molecular flexibility index (Phi) is 5.96. The molecule has 0 fully saturated rings. The highest BCUT2D eigenvalue weighted by molar-refractivity contribution is 7.99. The lowest BCUT2D eigenvalue weighted by Crippen LogP contribution is -2.20. The van der Waals surface area contributed by atoms with E-state index in [9.17, 15) is 9.90 Å². The van der Waals surface area contributed by atoms with Crippen molar-refractivity contribution in [2.75, 3.05) is 12.4 Å². The highest BCUT2D eigenvalue weighted by Gasteiger charge is 2.13. The maximum Gasteiger partial charge on any atom is 0.169 e. The van der Waals surface area contributed by atoms with Gasteiger partial charge in [-0.2, -0.15) is 0 Å². The Hall–Kier alpha value is -2.31. The highest BCUT2D eigenvalue weighted by Crippen LogP contribution is 2.24. The van der Waals surface area contributed by atoms with Gasteiger partial charge in [-0.25, -0.2) is 4.98 Å². The first kappa shape index (κ1) is 18.5. The minimum atomic E-state index is -0.613. The molecule has 0 spiro atoms. The third kappa shape index (κ3) is 4.26. The maximum atomic E-state index is 11.3. The number of thioether (sulfide) groups is 1. The van der Waals surface area contributed by atoms with Crippen molar-refractivity contribution in [2.24, 2.45) is 0 Å². The number of ketones is 1. The Morgan fingerprint density at radius 1 is 1.23 bits per heavy atom. The van der Waals surface area contributed by atoms with E-state index in [4.69, 9.17) is 4.74 Å². The summed E-state index contributed by atoms with van der Waals surface area (Å²) < 4.78 is 7.75. The Labute approximate surface area is 157 Å². The van der Waals surface area contributed by atoms with Gasteiger partial charge in [0.15, 0.2) is 10.9 Å². The Balaban J connectivity index is 1.55. The van der Waals surface area contributed by atoms with E-state index >= 15 is 0 Å². The molecule has 0 bridgehead atoms. The third-order valence-electron chi connectivity index (χ3n) is 4.04. The van der Waals surface area contributed by atoms with Gasteiger partial charge in [0.25, 0.3) is 0 Å². The van der Waals surface area contributed by atoms with Crippen LogP contribution in [-0.2, 0) is 6.54 Å². The van der Waals surface area contributed by atoms with Gasteiger partial charge in [-0.05, 0) is 50.2 Å². The van der Waals surface area contributed by atoms with Crippen LogP contribution in [0.25, 0.3) is 11.0 Å². The van der Waals surface area contributed by atoms with Crippen molar-refractivity contribution in [3.63, 3.8) is 0 Å². The summed E-state index contributed by atoms with van der Waals surface area (Å²) in [6, 6.07) is 15.0. The zero-order chi connectivity index (χ0) is 18.5. The fraction of sp³-hybridized carbons (Fsp3) is 0.300. The van der Waals surface area contributed by atoms with E-state index in [2.05, 4.69) is 22.5 Å². The van der Waals surface area contributed by atoms with Crippen LogP contribution < -0.4 is 4.74 Å². The summed E-state index contributed by atoms with van der Waals surface area (Å²) in [6.45, 7) is 4.64. The number of rotatable bonds is 8. The summed E-state index contributed by atoms with van der Waals surface area (Å²) >= 11 is 1.52. The number of ether oxygens (including phenoxy) is 1. The number of aliphatic hydroxyl groups is 1. The Morgan fingerprint density at radius 2 is 1.96 bits per heavy atom. The maximum absolute atomic E-state index is 11.3. The first-order valence-corrected chi connectivity index (χ1v) is 9.57. The van der Waals surface area contributed by atoms with Crippen molar-refractivity contribution >= 4 is 28.6 Å². The van der Waals surface area contributed by atoms with Gasteiger partial charge in [0.1, 0.15) is 12.4 Å². The van der Waals surface area contributed by atoms with Gasteiger partial charge in [-0.3, -0.25) is 4.79 Å². The molecular weight excluding hydrogens is 348 g/mol. The lowest BCUT2D eigenvalue weighted by molar-refractivity contribution is 0.101. The molecule has 2 aromatic carbocycles. The molecule has 0 radical (unpaired) electrons. The monoisotopic (exact) mass is 370 g/mol. The molecule has 0 aliphatic heterocycles. The van der Waals surface area contributed by atoms with E-state index in [0.29, 0.717) is 17.1 Å². The fourth-order valence-electron chi connectivity index (χ4n) is 2.67. The SMILES string of the molecule is CCn1c(SCC(O)COc2ccc(C(C)=O)cc2)nc2ccccc21. The number of Topliss-reactive ketones (excluding diaryl/α,β-unsaturated/α-hetero) is 1. The average Bonchev–Trinajstić information content (AvgIpc) is 3.02. The molecule has 1 atom stereocenters. The molecule has 1 N–H and O–H groups in total. The van der Waals surface area contributed by atoms with Crippen LogP contribution in [0.1, 0.15) is 24.2 Å². The van der Waals surface area contributed by atoms with Crippen molar-refractivity contribution in [1.29, 1.82) is 0 Å². The number of hydrogen-bond donors (Lipinski definition) is 1. The molecule has 3 rings (SSSR count). The van der Waals surface area contributed by atoms with E-state index in [1.807, 2.05) is 18.2 Å². The van der Waals surface area contributed by atoms with E-state index in [0.717, 1.165) is 22.7 Å². The van der Waals surface area contributed by atoms with Crippen molar-refractivity contribution in [1.82, 2.24) is 9.55 Å². The fourth-order valence-corrected chi connectivity index (χ4v) is 3.65. The summed E-state index contributed by atoms with van der Waals surface area (Å²) in [5.74, 6) is 1.15. The standard InChI is InChI=1S/C20H22N2O3S/c1-3-22-19-7-5-4-6-18(19)21-20(22)26-13-16(24)12-25-17-10-8-15(9-11-17)14(2)23/h4-11,16,24H,3,12-13H2,1-2H3. The minimum Gasteiger partial charge on any atom is -0.491 e. The lowest BCUT2D eigenvalue weighted by Gasteiger charge is -2.12. The van der Waals surface area contributed by atoms with Gasteiger partial charge in [0.05, 0.1) is 17.1 Å². The number of hydrogen-bond acceptors (Lipinski definition) is 5. The molecule has 5 nitrogen and oxygen atoms in total. The summed E-state index contributed by atoms with van der Waals surface area (Å²) in [5.41, 5.74) is 2.72. The van der Waals surface area contributed by atoms with Gasteiger partial charge >= 0.3 is 0 Å². The summed E-state index contributed by atoms with van der Waals surface area (Å²) in [6.07, 6.45) is -0.613. The first-order chi connectivity index (χ1) is 12.6. The van der Waals surface area contributed by atoms with E-state index < -0.39 is 6.10 Å². The normalized spacial score (nSPS) is 12.3. The van der Waals surface area contributed by atoms with E-state index in [-0.39, 0.29) is 12.4 Å². The van der Waals surface area contributed by atoms with Crippen LogP contribution in [0.4, 0.5) is 0 Å².